The van der Waals surface area contributed by atoms with Gasteiger partial charge in [-0.15, -0.1) is 24.5 Å². The van der Waals surface area contributed by atoms with E-state index in [-0.39, 0.29) is 12.3 Å². The van der Waals surface area contributed by atoms with E-state index >= 15 is 0 Å². The highest BCUT2D eigenvalue weighted by molar-refractivity contribution is 7.13. The number of anilines is 1. The average Bonchev–Trinajstić information content (AvgIpc) is 3.11. The lowest BCUT2D eigenvalue weighted by Gasteiger charge is -2.34. The van der Waals surface area contributed by atoms with Crippen molar-refractivity contribution in [2.75, 3.05) is 5.73 Å². The summed E-state index contributed by atoms with van der Waals surface area (Å²) in [6.07, 6.45) is 1.97. The quantitative estimate of drug-likeness (QED) is 0.925. The van der Waals surface area contributed by atoms with E-state index in [1.165, 1.54) is 17.4 Å². The van der Waals surface area contributed by atoms with E-state index in [0.29, 0.717) is 10.8 Å². The van der Waals surface area contributed by atoms with Gasteiger partial charge in [0, 0.05) is 11.8 Å². The van der Waals surface area contributed by atoms with Crippen molar-refractivity contribution in [3.63, 3.8) is 0 Å². The minimum atomic E-state index is -4.64. The first-order valence-electron chi connectivity index (χ1n) is 6.25. The predicted octanol–water partition coefficient (Wildman–Crippen LogP) is 3.75. The summed E-state index contributed by atoms with van der Waals surface area (Å²) in [6.45, 7) is 0. The van der Waals surface area contributed by atoms with Gasteiger partial charge < -0.3 is 5.73 Å². The van der Waals surface area contributed by atoms with E-state index in [4.69, 9.17) is 5.73 Å². The largest absolute Gasteiger partial charge is 0.523 e. The number of alkyl halides is 3. The van der Waals surface area contributed by atoms with E-state index < -0.39 is 12.0 Å². The molecule has 2 N–H and O–H groups in total. The average molecular weight is 302 g/mol. The maximum absolute atomic E-state index is 12.7. The molecule has 0 saturated heterocycles. The first-order chi connectivity index (χ1) is 9.38. The highest BCUT2D eigenvalue weighted by Crippen LogP contribution is 2.51. The molecule has 7 heteroatoms. The van der Waals surface area contributed by atoms with Gasteiger partial charge in [0.2, 0.25) is 0 Å². The van der Waals surface area contributed by atoms with Crippen LogP contribution in [0.25, 0.3) is 5.57 Å². The molecule has 1 aromatic rings. The third kappa shape index (κ3) is 2.73. The number of ether oxygens (including phenoxy) is 1. The van der Waals surface area contributed by atoms with Crippen molar-refractivity contribution >= 4 is 22.0 Å². The predicted molar refractivity (Wildman–Crippen MR) is 70.9 cm³/mol. The Kier molecular flexibility index (Phi) is 3.13. The zero-order valence-electron chi connectivity index (χ0n) is 10.5. The Morgan fingerprint density at radius 1 is 1.40 bits per heavy atom. The summed E-state index contributed by atoms with van der Waals surface area (Å²) in [5.74, 6) is -0.0833. The lowest BCUT2D eigenvalue weighted by atomic mass is 9.84. The van der Waals surface area contributed by atoms with Crippen LogP contribution < -0.4 is 5.73 Å². The van der Waals surface area contributed by atoms with Crippen LogP contribution in [0.4, 0.5) is 18.3 Å². The molecule has 0 amide bonds. The molecule has 1 atom stereocenters. The van der Waals surface area contributed by atoms with Gasteiger partial charge in [-0.3, -0.25) is 4.74 Å². The highest BCUT2D eigenvalue weighted by atomic mass is 32.1. The molecule has 108 valence electrons. The number of nitrogen functional groups attached to an aromatic ring is 1. The second-order valence-electron chi connectivity index (χ2n) is 5.08. The SMILES string of the molecule is Nc1nc(C2=CC=CC(OC(F)(F)F)(C3CC3)C2)cs1. The van der Waals surface area contributed by atoms with Crippen molar-refractivity contribution < 1.29 is 17.9 Å². The molecule has 3 rings (SSSR count). The first-order valence-corrected chi connectivity index (χ1v) is 7.13. The summed E-state index contributed by atoms with van der Waals surface area (Å²) in [6, 6.07) is 0. The molecule has 20 heavy (non-hydrogen) atoms. The molecule has 2 aliphatic rings. The Bertz CT molecular complexity index is 574. The monoisotopic (exact) mass is 302 g/mol. The maximum Gasteiger partial charge on any atom is 0.523 e. The second-order valence-corrected chi connectivity index (χ2v) is 5.97. The first kappa shape index (κ1) is 13.6. The van der Waals surface area contributed by atoms with Crippen molar-refractivity contribution in [2.24, 2.45) is 5.92 Å². The van der Waals surface area contributed by atoms with Crippen molar-refractivity contribution in [2.45, 2.75) is 31.2 Å². The summed E-state index contributed by atoms with van der Waals surface area (Å²) in [4.78, 5) is 4.13. The number of nitrogens with two attached hydrogens (primary N) is 1. The van der Waals surface area contributed by atoms with Gasteiger partial charge in [-0.1, -0.05) is 18.2 Å². The van der Waals surface area contributed by atoms with Gasteiger partial charge in [-0.25, -0.2) is 4.98 Å². The number of allylic oxidation sites excluding steroid dienone is 2. The van der Waals surface area contributed by atoms with Crippen LogP contribution in [0.15, 0.2) is 23.6 Å². The van der Waals surface area contributed by atoms with Gasteiger partial charge in [-0.2, -0.15) is 0 Å². The Labute approximate surface area is 118 Å². The molecular weight excluding hydrogens is 289 g/mol. The zero-order chi connectivity index (χ0) is 14.4. The van der Waals surface area contributed by atoms with E-state index in [1.807, 2.05) is 0 Å². The maximum atomic E-state index is 12.7. The number of aromatic nitrogens is 1. The molecule has 0 spiro atoms. The van der Waals surface area contributed by atoms with Crippen LogP contribution in [0.5, 0.6) is 0 Å². The number of hydrogen-bond acceptors (Lipinski definition) is 4. The molecule has 1 fully saturated rings. The van der Waals surface area contributed by atoms with E-state index in [1.54, 1.807) is 17.5 Å². The van der Waals surface area contributed by atoms with Crippen molar-refractivity contribution in [3.8, 4) is 0 Å². The van der Waals surface area contributed by atoms with Gasteiger partial charge in [0.25, 0.3) is 0 Å². The normalized spacial score (nSPS) is 26.6. The fourth-order valence-corrected chi connectivity index (χ4v) is 3.16. The smallest absolute Gasteiger partial charge is 0.375 e. The second kappa shape index (κ2) is 4.60. The molecular formula is C13H13F3N2OS. The molecule has 3 nitrogen and oxygen atoms in total. The van der Waals surface area contributed by atoms with E-state index in [0.717, 1.165) is 18.4 Å². The lowest BCUT2D eigenvalue weighted by molar-refractivity contribution is -0.361. The van der Waals surface area contributed by atoms with Crippen molar-refractivity contribution in [3.05, 3.63) is 29.3 Å². The Hall–Kier alpha value is -1.34. The van der Waals surface area contributed by atoms with Gasteiger partial charge >= 0.3 is 6.36 Å². The van der Waals surface area contributed by atoms with Crippen LogP contribution in [0.1, 0.15) is 25.0 Å². The molecule has 2 aliphatic carbocycles. The minimum absolute atomic E-state index is 0.0833. The molecule has 1 heterocycles. The molecule has 1 aromatic heterocycles. The number of halogens is 3. The fourth-order valence-electron chi connectivity index (χ4n) is 2.57. The van der Waals surface area contributed by atoms with Gasteiger partial charge in [-0.05, 0) is 24.3 Å². The van der Waals surface area contributed by atoms with E-state index in [2.05, 4.69) is 9.72 Å². The minimum Gasteiger partial charge on any atom is -0.375 e. The summed E-state index contributed by atoms with van der Waals surface area (Å²) in [5.41, 5.74) is 5.65. The molecule has 0 bridgehead atoms. The summed E-state index contributed by atoms with van der Waals surface area (Å²) in [5, 5.41) is 2.16. The van der Waals surface area contributed by atoms with Gasteiger partial charge in [0.1, 0.15) is 5.60 Å². The fraction of sp³-hybridized carbons (Fsp3) is 0.462. The van der Waals surface area contributed by atoms with Crippen LogP contribution in [0.3, 0.4) is 0 Å². The standard InChI is InChI=1S/C13H13F3N2OS/c14-13(15,16)19-12(9-3-4-9)5-1-2-8(6-12)10-7-20-11(17)18-10/h1-2,5,7,9H,3-4,6H2,(H2,17,18). The highest BCUT2D eigenvalue weighted by Gasteiger charge is 2.52. The third-order valence-corrected chi connectivity index (χ3v) is 4.24. The van der Waals surface area contributed by atoms with Crippen molar-refractivity contribution in [1.29, 1.82) is 0 Å². The Morgan fingerprint density at radius 3 is 2.70 bits per heavy atom. The molecule has 0 aromatic carbocycles. The number of thiazole rings is 1. The summed E-state index contributed by atoms with van der Waals surface area (Å²) >= 11 is 1.27. The van der Waals surface area contributed by atoms with Gasteiger partial charge in [0.15, 0.2) is 5.13 Å². The Balaban J connectivity index is 1.88. The zero-order valence-corrected chi connectivity index (χ0v) is 11.3. The van der Waals surface area contributed by atoms with Crippen LogP contribution >= 0.6 is 11.3 Å². The topological polar surface area (TPSA) is 48.1 Å². The molecule has 0 radical (unpaired) electrons. The third-order valence-electron chi connectivity index (χ3n) is 3.57. The summed E-state index contributed by atoms with van der Waals surface area (Å²) < 4.78 is 42.6. The van der Waals surface area contributed by atoms with Crippen LogP contribution in [-0.4, -0.2) is 16.9 Å². The number of rotatable bonds is 3. The van der Waals surface area contributed by atoms with Crippen LogP contribution in [-0.2, 0) is 4.74 Å². The van der Waals surface area contributed by atoms with Gasteiger partial charge in [0.05, 0.1) is 5.69 Å². The van der Waals surface area contributed by atoms with Crippen LogP contribution in [0.2, 0.25) is 0 Å². The van der Waals surface area contributed by atoms with Crippen molar-refractivity contribution in [1.82, 2.24) is 4.98 Å². The number of hydrogen-bond donors (Lipinski definition) is 1. The molecule has 1 saturated carbocycles. The lowest BCUT2D eigenvalue weighted by Crippen LogP contribution is -2.39. The van der Waals surface area contributed by atoms with Crippen LogP contribution in [0, 0.1) is 5.92 Å². The molecule has 0 aliphatic heterocycles. The van der Waals surface area contributed by atoms with E-state index in [9.17, 15) is 13.2 Å². The molecule has 1 unspecified atom stereocenters. The summed E-state index contributed by atoms with van der Waals surface area (Å²) in [7, 11) is 0. The number of nitrogens with zero attached hydrogens (tertiary/aromatic N) is 1. The Morgan fingerprint density at radius 2 is 2.15 bits per heavy atom.